The van der Waals surface area contributed by atoms with Crippen LogP contribution in [0.2, 0.25) is 0 Å². The molecule has 0 spiro atoms. The molecule has 4 nitrogen and oxygen atoms in total. The summed E-state index contributed by atoms with van der Waals surface area (Å²) in [6, 6.07) is 0. The molecule has 0 heterocycles. The van der Waals surface area contributed by atoms with Gasteiger partial charge in [-0.05, 0) is 0 Å². The Bertz CT molecular complexity index is 350. The van der Waals surface area contributed by atoms with Crippen molar-refractivity contribution in [3.8, 4) is 0 Å². The van der Waals surface area contributed by atoms with Gasteiger partial charge in [0.15, 0.2) is 6.61 Å². The molecule has 0 N–H and O–H groups in total. The van der Waals surface area contributed by atoms with Gasteiger partial charge in [-0.2, -0.15) is 13.2 Å². The molecular weight excluding hydrogens is 249 g/mol. The Morgan fingerprint density at radius 1 is 1.50 bits per heavy atom. The van der Waals surface area contributed by atoms with Crippen LogP contribution in [-0.2, 0) is 18.6 Å². The lowest BCUT2D eigenvalue weighted by atomic mass is 10.6. The van der Waals surface area contributed by atoms with Gasteiger partial charge in [-0.15, -0.1) is 0 Å². The van der Waals surface area contributed by atoms with E-state index in [1.165, 1.54) is 0 Å². The summed E-state index contributed by atoms with van der Waals surface area (Å²) in [7, 11) is -0.912. The third-order valence-electron chi connectivity index (χ3n) is 0.950. The number of hydrogen-bond acceptors (Lipinski definition) is 4. The fraction of sp³-hybridized carbons (Fsp3) is 0.400. The highest BCUT2D eigenvalue weighted by Crippen LogP contribution is 2.25. The first kappa shape index (κ1) is 13.2. The van der Waals surface area contributed by atoms with Crippen LogP contribution in [0.1, 0.15) is 0 Å². The molecule has 0 bridgehead atoms. The van der Waals surface area contributed by atoms with Gasteiger partial charge in [0, 0.05) is 10.7 Å². The summed E-state index contributed by atoms with van der Waals surface area (Å²) in [6.07, 6.45) is 0. The van der Waals surface area contributed by atoms with Crippen LogP contribution in [0.15, 0.2) is 12.4 Å². The molecule has 0 aromatic rings. The highest BCUT2D eigenvalue weighted by atomic mass is 35.7. The number of carbonyl (C=O) groups excluding carboxylic acids is 1. The number of esters is 1. The van der Waals surface area contributed by atoms with E-state index in [2.05, 4.69) is 22.0 Å². The highest BCUT2D eigenvalue weighted by Gasteiger charge is 2.45. The molecule has 0 saturated carbocycles. The summed E-state index contributed by atoms with van der Waals surface area (Å²) in [5.41, 5.74) is 0. The molecule has 0 atom stereocenters. The van der Waals surface area contributed by atoms with Crippen LogP contribution in [0.25, 0.3) is 0 Å². The lowest BCUT2D eigenvalue weighted by Crippen LogP contribution is -2.31. The first-order chi connectivity index (χ1) is 6.08. The van der Waals surface area contributed by atoms with Gasteiger partial charge in [-0.3, -0.25) is 0 Å². The standard InChI is InChI=1S/C5H4ClF3O4S/c1-3(7)4(10)13-2-5(8,9)14(6,11)12/h1-2H2. The van der Waals surface area contributed by atoms with Crippen molar-refractivity contribution in [1.29, 1.82) is 0 Å². The Balaban J connectivity index is 4.42. The number of halogens is 4. The van der Waals surface area contributed by atoms with E-state index in [-0.39, 0.29) is 0 Å². The fourth-order valence-corrected chi connectivity index (χ4v) is 0.632. The summed E-state index contributed by atoms with van der Waals surface area (Å²) >= 11 is 0. The van der Waals surface area contributed by atoms with E-state index < -0.39 is 32.7 Å². The molecule has 82 valence electrons. The van der Waals surface area contributed by atoms with Crippen molar-refractivity contribution in [3.05, 3.63) is 12.4 Å². The predicted octanol–water partition coefficient (Wildman–Crippen LogP) is 1.17. The lowest BCUT2D eigenvalue weighted by Gasteiger charge is -2.11. The first-order valence-corrected chi connectivity index (χ1v) is 5.22. The average molecular weight is 253 g/mol. The van der Waals surface area contributed by atoms with Crippen LogP contribution in [0.4, 0.5) is 13.2 Å². The van der Waals surface area contributed by atoms with Crippen LogP contribution in [-0.4, -0.2) is 26.2 Å². The van der Waals surface area contributed by atoms with Crippen molar-refractivity contribution in [2.75, 3.05) is 6.61 Å². The minimum Gasteiger partial charge on any atom is -0.453 e. The minimum atomic E-state index is -5.21. The number of alkyl halides is 2. The maximum Gasteiger partial charge on any atom is 0.392 e. The molecule has 0 aliphatic rings. The van der Waals surface area contributed by atoms with Gasteiger partial charge < -0.3 is 4.74 Å². The van der Waals surface area contributed by atoms with E-state index in [1.54, 1.807) is 0 Å². The molecule has 0 fully saturated rings. The highest BCUT2D eigenvalue weighted by molar-refractivity contribution is 8.14. The van der Waals surface area contributed by atoms with Crippen molar-refractivity contribution in [2.45, 2.75) is 5.25 Å². The quantitative estimate of drug-likeness (QED) is 0.428. The van der Waals surface area contributed by atoms with Crippen molar-refractivity contribution in [1.82, 2.24) is 0 Å². The van der Waals surface area contributed by atoms with Gasteiger partial charge in [0.05, 0.1) is 0 Å². The van der Waals surface area contributed by atoms with E-state index >= 15 is 0 Å². The third kappa shape index (κ3) is 3.54. The molecule has 0 saturated heterocycles. The molecule has 0 amide bonds. The predicted molar refractivity (Wildman–Crippen MR) is 40.9 cm³/mol. The Morgan fingerprint density at radius 3 is 2.21 bits per heavy atom. The van der Waals surface area contributed by atoms with E-state index in [4.69, 9.17) is 0 Å². The van der Waals surface area contributed by atoms with Gasteiger partial charge in [0.1, 0.15) is 0 Å². The maximum atomic E-state index is 12.4. The Morgan fingerprint density at radius 2 is 1.93 bits per heavy atom. The number of ether oxygens (including phenoxy) is 1. The SMILES string of the molecule is C=C(F)C(=O)OCC(F)(F)S(=O)(=O)Cl. The number of hydrogen-bond donors (Lipinski definition) is 0. The zero-order valence-corrected chi connectivity index (χ0v) is 8.04. The van der Waals surface area contributed by atoms with Crippen LogP contribution in [0.5, 0.6) is 0 Å². The topological polar surface area (TPSA) is 60.4 Å². The summed E-state index contributed by atoms with van der Waals surface area (Å²) < 4.78 is 60.5. The van der Waals surface area contributed by atoms with Crippen molar-refractivity contribution >= 4 is 25.7 Å². The van der Waals surface area contributed by atoms with E-state index in [0.717, 1.165) is 0 Å². The van der Waals surface area contributed by atoms with Crippen molar-refractivity contribution in [3.63, 3.8) is 0 Å². The zero-order chi connectivity index (χ0) is 11.6. The van der Waals surface area contributed by atoms with Gasteiger partial charge in [0.2, 0.25) is 5.83 Å². The van der Waals surface area contributed by atoms with Crippen LogP contribution in [0.3, 0.4) is 0 Å². The molecule has 0 radical (unpaired) electrons. The summed E-state index contributed by atoms with van der Waals surface area (Å²) in [5, 5.41) is -4.46. The summed E-state index contributed by atoms with van der Waals surface area (Å²) in [6.45, 7) is 0.589. The van der Waals surface area contributed by atoms with Crippen LogP contribution in [0, 0.1) is 0 Å². The molecule has 0 rings (SSSR count). The monoisotopic (exact) mass is 252 g/mol. The zero-order valence-electron chi connectivity index (χ0n) is 6.47. The van der Waals surface area contributed by atoms with E-state index in [0.29, 0.717) is 0 Å². The molecule has 0 aliphatic carbocycles. The Hall–Kier alpha value is -0.760. The van der Waals surface area contributed by atoms with Gasteiger partial charge in [-0.25, -0.2) is 13.2 Å². The second-order valence-corrected chi connectivity index (χ2v) is 4.75. The van der Waals surface area contributed by atoms with Crippen LogP contribution < -0.4 is 0 Å². The second kappa shape index (κ2) is 4.18. The normalized spacial score (nSPS) is 12.3. The minimum absolute atomic E-state index is 1.62. The molecule has 0 aromatic heterocycles. The molecule has 0 unspecified atom stereocenters. The van der Waals surface area contributed by atoms with Crippen molar-refractivity contribution < 1.29 is 31.1 Å². The molecule has 14 heavy (non-hydrogen) atoms. The summed E-state index contributed by atoms with van der Waals surface area (Å²) in [4.78, 5) is 10.2. The lowest BCUT2D eigenvalue weighted by molar-refractivity contribution is -0.146. The molecular formula is C5H4ClF3O4S. The molecule has 0 aliphatic heterocycles. The second-order valence-electron chi connectivity index (χ2n) is 2.06. The maximum absolute atomic E-state index is 12.4. The number of carbonyl (C=O) groups is 1. The third-order valence-corrected chi connectivity index (χ3v) is 2.46. The Kier molecular flexibility index (Phi) is 3.95. The van der Waals surface area contributed by atoms with Gasteiger partial charge in [-0.1, -0.05) is 6.58 Å². The number of rotatable bonds is 4. The fourth-order valence-electron chi connectivity index (χ4n) is 0.298. The molecule has 9 heteroatoms. The first-order valence-electron chi connectivity index (χ1n) is 2.91. The smallest absolute Gasteiger partial charge is 0.392 e. The summed E-state index contributed by atoms with van der Waals surface area (Å²) in [5.74, 6) is -3.39. The van der Waals surface area contributed by atoms with E-state index in [1.807, 2.05) is 0 Å². The largest absolute Gasteiger partial charge is 0.453 e. The Labute approximate surface area is 81.7 Å². The van der Waals surface area contributed by atoms with Crippen molar-refractivity contribution in [2.24, 2.45) is 0 Å². The van der Waals surface area contributed by atoms with Crippen LogP contribution >= 0.6 is 10.7 Å². The van der Waals surface area contributed by atoms with Gasteiger partial charge >= 0.3 is 20.3 Å². The molecule has 0 aromatic carbocycles. The van der Waals surface area contributed by atoms with Gasteiger partial charge in [0.25, 0.3) is 0 Å². The van der Waals surface area contributed by atoms with E-state index in [9.17, 15) is 26.4 Å². The average Bonchev–Trinajstić information content (AvgIpc) is 1.97.